The highest BCUT2D eigenvalue weighted by Crippen LogP contribution is 2.16. The molecule has 0 aliphatic heterocycles. The van der Waals surface area contributed by atoms with E-state index in [0.717, 1.165) is 70.1 Å². The summed E-state index contributed by atoms with van der Waals surface area (Å²) in [7, 11) is 0. The summed E-state index contributed by atoms with van der Waals surface area (Å²) in [5, 5.41) is 0. The van der Waals surface area contributed by atoms with Crippen molar-refractivity contribution in [2.75, 3.05) is 13.2 Å². The molecule has 0 radical (unpaired) electrons. The number of hydrogen-bond acceptors (Lipinski definition) is 6. The molecule has 272 valence electrons. The second-order valence-electron chi connectivity index (χ2n) is 13.8. The van der Waals surface area contributed by atoms with E-state index in [9.17, 15) is 14.4 Å². The van der Waals surface area contributed by atoms with Gasteiger partial charge in [0, 0.05) is 19.3 Å². The third-order valence-electron chi connectivity index (χ3n) is 9.15. The highest BCUT2D eigenvalue weighted by Gasteiger charge is 2.19. The Kier molecular flexibility index (Phi) is 33.5. The Morgan fingerprint density at radius 3 is 1.13 bits per heavy atom. The highest BCUT2D eigenvalue weighted by atomic mass is 16.6. The summed E-state index contributed by atoms with van der Waals surface area (Å²) in [4.78, 5) is 37.2. The monoisotopic (exact) mass is 653 g/mol. The van der Waals surface area contributed by atoms with Crippen molar-refractivity contribution in [3.63, 3.8) is 0 Å². The summed E-state index contributed by atoms with van der Waals surface area (Å²) in [5.41, 5.74) is 0. The lowest BCUT2D eigenvalue weighted by Gasteiger charge is -2.18. The van der Waals surface area contributed by atoms with Crippen molar-refractivity contribution in [3.8, 4) is 0 Å². The van der Waals surface area contributed by atoms with Crippen LogP contribution in [0.2, 0.25) is 0 Å². The first-order chi connectivity index (χ1) is 22.4. The summed E-state index contributed by atoms with van der Waals surface area (Å²) >= 11 is 0. The van der Waals surface area contributed by atoms with Crippen LogP contribution in [0.3, 0.4) is 0 Å². The van der Waals surface area contributed by atoms with Gasteiger partial charge in [0.15, 0.2) is 6.10 Å². The second-order valence-corrected chi connectivity index (χ2v) is 13.8. The number of unbranched alkanes of at least 4 members (excludes halogenated alkanes) is 21. The zero-order chi connectivity index (χ0) is 33.9. The fraction of sp³-hybridized carbons (Fsp3) is 0.925. The summed E-state index contributed by atoms with van der Waals surface area (Å²) < 4.78 is 16.5. The molecule has 0 aromatic rings. The van der Waals surface area contributed by atoms with Crippen LogP contribution in [-0.4, -0.2) is 37.2 Å². The topological polar surface area (TPSA) is 78.9 Å². The molecule has 6 heteroatoms. The van der Waals surface area contributed by atoms with Crippen molar-refractivity contribution in [3.05, 3.63) is 0 Å². The van der Waals surface area contributed by atoms with E-state index in [1.165, 1.54) is 103 Å². The van der Waals surface area contributed by atoms with E-state index >= 15 is 0 Å². The van der Waals surface area contributed by atoms with E-state index in [1.807, 2.05) is 0 Å². The van der Waals surface area contributed by atoms with Crippen molar-refractivity contribution in [2.45, 2.75) is 220 Å². The predicted octanol–water partition coefficient (Wildman–Crippen LogP) is 12.0. The van der Waals surface area contributed by atoms with Gasteiger partial charge in [-0.3, -0.25) is 14.4 Å². The van der Waals surface area contributed by atoms with E-state index in [1.54, 1.807) is 0 Å². The first-order valence-corrected chi connectivity index (χ1v) is 19.9. The van der Waals surface area contributed by atoms with Crippen LogP contribution in [0.4, 0.5) is 0 Å². The third kappa shape index (κ3) is 32.4. The maximum Gasteiger partial charge on any atom is 0.306 e. The molecule has 0 saturated heterocycles. The van der Waals surface area contributed by atoms with Gasteiger partial charge < -0.3 is 14.2 Å². The van der Waals surface area contributed by atoms with Gasteiger partial charge in [-0.25, -0.2) is 0 Å². The van der Waals surface area contributed by atoms with Gasteiger partial charge in [-0.05, 0) is 25.2 Å². The van der Waals surface area contributed by atoms with Gasteiger partial charge in [0.2, 0.25) is 0 Å². The molecule has 0 aromatic carbocycles. The molecule has 2 atom stereocenters. The molecule has 0 aliphatic carbocycles. The number of ether oxygens (including phenoxy) is 3. The van der Waals surface area contributed by atoms with Crippen LogP contribution in [0.25, 0.3) is 0 Å². The molecule has 0 fully saturated rings. The minimum atomic E-state index is -0.756. The number of carbonyl (C=O) groups excluding carboxylic acids is 3. The van der Waals surface area contributed by atoms with Crippen LogP contribution >= 0.6 is 0 Å². The van der Waals surface area contributed by atoms with Gasteiger partial charge in [-0.2, -0.15) is 0 Å². The van der Waals surface area contributed by atoms with Gasteiger partial charge in [-0.15, -0.1) is 0 Å². The van der Waals surface area contributed by atoms with Crippen molar-refractivity contribution in [1.29, 1.82) is 0 Å². The Bertz CT molecular complexity index is 693. The minimum absolute atomic E-state index is 0.0662. The van der Waals surface area contributed by atoms with Crippen molar-refractivity contribution in [2.24, 2.45) is 5.92 Å². The van der Waals surface area contributed by atoms with E-state index in [4.69, 9.17) is 14.2 Å². The van der Waals surface area contributed by atoms with Gasteiger partial charge in [0.1, 0.15) is 13.2 Å². The average molecular weight is 653 g/mol. The Labute approximate surface area is 285 Å². The quantitative estimate of drug-likeness (QED) is 0.0385. The maximum atomic E-state index is 12.6. The standard InChI is InChI=1S/C40H76O6/c1-5-8-10-12-13-14-15-16-21-25-29-33-40(43)46-37(34-44-38(41)31-27-22-11-9-6-2)35-45-39(42)32-28-24-20-18-17-19-23-26-30-36(4)7-3/h36-37H,5-35H2,1-4H3/t36?,37-/m0/s1. The summed E-state index contributed by atoms with van der Waals surface area (Å²) in [6.07, 6.45) is 31.1. The molecule has 0 N–H and O–H groups in total. The highest BCUT2D eigenvalue weighted by molar-refractivity contribution is 5.71. The number of rotatable bonds is 35. The van der Waals surface area contributed by atoms with Crippen LogP contribution in [0.5, 0.6) is 0 Å². The minimum Gasteiger partial charge on any atom is -0.462 e. The molecule has 0 rings (SSSR count). The number of esters is 3. The van der Waals surface area contributed by atoms with Crippen LogP contribution in [-0.2, 0) is 28.6 Å². The Morgan fingerprint density at radius 1 is 0.435 bits per heavy atom. The fourth-order valence-corrected chi connectivity index (χ4v) is 5.71. The lowest BCUT2D eigenvalue weighted by Crippen LogP contribution is -2.30. The number of carbonyl (C=O) groups is 3. The zero-order valence-corrected chi connectivity index (χ0v) is 31.0. The third-order valence-corrected chi connectivity index (χ3v) is 9.15. The van der Waals surface area contributed by atoms with Crippen LogP contribution in [0.15, 0.2) is 0 Å². The Morgan fingerprint density at radius 2 is 0.761 bits per heavy atom. The van der Waals surface area contributed by atoms with Crippen LogP contribution in [0.1, 0.15) is 214 Å². The van der Waals surface area contributed by atoms with Crippen LogP contribution < -0.4 is 0 Å². The normalized spacial score (nSPS) is 12.5. The smallest absolute Gasteiger partial charge is 0.306 e. The van der Waals surface area contributed by atoms with Gasteiger partial charge in [-0.1, -0.05) is 175 Å². The molecule has 46 heavy (non-hydrogen) atoms. The van der Waals surface area contributed by atoms with E-state index in [0.29, 0.717) is 19.3 Å². The number of hydrogen-bond donors (Lipinski definition) is 0. The first-order valence-electron chi connectivity index (χ1n) is 19.9. The van der Waals surface area contributed by atoms with Gasteiger partial charge >= 0.3 is 17.9 Å². The second kappa shape index (κ2) is 34.7. The predicted molar refractivity (Wildman–Crippen MR) is 192 cm³/mol. The molecule has 0 saturated carbocycles. The van der Waals surface area contributed by atoms with Gasteiger partial charge in [0.25, 0.3) is 0 Å². The van der Waals surface area contributed by atoms with Crippen molar-refractivity contribution in [1.82, 2.24) is 0 Å². The first kappa shape index (κ1) is 44.4. The lowest BCUT2D eigenvalue weighted by molar-refractivity contribution is -0.167. The summed E-state index contributed by atoms with van der Waals surface area (Å²) in [6.45, 7) is 8.88. The lowest BCUT2D eigenvalue weighted by atomic mass is 9.99. The molecule has 0 heterocycles. The molecular weight excluding hydrogens is 576 g/mol. The Hall–Kier alpha value is -1.59. The molecular formula is C40H76O6. The SMILES string of the molecule is CCCCCCCCCCCCCC(=O)O[C@@H](COC(=O)CCCCCCC)COC(=O)CCCCCCCCCCC(C)CC. The van der Waals surface area contributed by atoms with Crippen molar-refractivity contribution < 1.29 is 28.6 Å². The molecule has 0 aromatic heterocycles. The molecule has 6 nitrogen and oxygen atoms in total. The molecule has 0 amide bonds. The Balaban J connectivity index is 4.27. The summed E-state index contributed by atoms with van der Waals surface area (Å²) in [6, 6.07) is 0. The fourth-order valence-electron chi connectivity index (χ4n) is 5.71. The average Bonchev–Trinajstić information content (AvgIpc) is 3.05. The zero-order valence-electron chi connectivity index (χ0n) is 31.0. The van der Waals surface area contributed by atoms with E-state index in [2.05, 4.69) is 27.7 Å². The molecule has 0 aliphatic rings. The van der Waals surface area contributed by atoms with E-state index in [-0.39, 0.29) is 31.1 Å². The largest absolute Gasteiger partial charge is 0.462 e. The van der Waals surface area contributed by atoms with Gasteiger partial charge in [0.05, 0.1) is 0 Å². The van der Waals surface area contributed by atoms with E-state index < -0.39 is 6.10 Å². The van der Waals surface area contributed by atoms with Crippen LogP contribution in [0, 0.1) is 5.92 Å². The molecule has 1 unspecified atom stereocenters. The summed E-state index contributed by atoms with van der Waals surface area (Å²) in [5.74, 6) is -0.0302. The molecule has 0 bridgehead atoms. The van der Waals surface area contributed by atoms with Crippen molar-refractivity contribution >= 4 is 17.9 Å². The maximum absolute atomic E-state index is 12.6. The molecule has 0 spiro atoms.